The Bertz CT molecular complexity index is 990. The molecule has 1 saturated heterocycles. The van der Waals surface area contributed by atoms with Crippen LogP contribution in [0.4, 0.5) is 0 Å². The molecule has 2 aromatic carbocycles. The van der Waals surface area contributed by atoms with Crippen molar-refractivity contribution in [3.05, 3.63) is 48.5 Å². The van der Waals surface area contributed by atoms with Crippen LogP contribution < -0.4 is 10.2 Å². The first-order valence-corrected chi connectivity index (χ1v) is 11.5. The van der Waals surface area contributed by atoms with Crippen molar-refractivity contribution >= 4 is 27.7 Å². The summed E-state index contributed by atoms with van der Waals surface area (Å²) in [5.74, 6) is 0.535. The Kier molecular flexibility index (Phi) is 6.23. The number of rotatable bonds is 5. The van der Waals surface area contributed by atoms with Gasteiger partial charge in [0, 0.05) is 17.0 Å². The molecule has 3 rings (SSSR count). The fourth-order valence-electron chi connectivity index (χ4n) is 3.48. The molecule has 1 heterocycles. The first kappa shape index (κ1) is 21.6. The van der Waals surface area contributed by atoms with E-state index in [2.05, 4.69) is 0 Å². The number of nitrogens with one attached hydrogen (secondary N) is 1. The minimum absolute atomic E-state index is 0.0996. The molecule has 156 valence electrons. The number of hydroxylamine groups is 1. The van der Waals surface area contributed by atoms with Gasteiger partial charge in [0.25, 0.3) is 5.91 Å². The fraction of sp³-hybridized carbons (Fsp3) is 0.350. The van der Waals surface area contributed by atoms with Crippen molar-refractivity contribution in [2.75, 3.05) is 19.4 Å². The van der Waals surface area contributed by atoms with Crippen molar-refractivity contribution < 1.29 is 23.2 Å². The quantitative estimate of drug-likeness (QED) is 0.553. The maximum atomic E-state index is 13.3. The molecule has 0 spiro atoms. The molecule has 1 aliphatic heterocycles. The molecular weight excluding hydrogens is 412 g/mol. The maximum Gasteiger partial charge on any atom is 0.263 e. The van der Waals surface area contributed by atoms with Crippen LogP contribution in [-0.2, 0) is 14.8 Å². The number of thioether (sulfide) groups is 1. The van der Waals surface area contributed by atoms with Crippen molar-refractivity contribution in [3.8, 4) is 16.9 Å². The van der Waals surface area contributed by atoms with Gasteiger partial charge in [0.2, 0.25) is 10.0 Å². The second-order valence-corrected chi connectivity index (χ2v) is 10.8. The van der Waals surface area contributed by atoms with Gasteiger partial charge in [-0.15, -0.1) is 0 Å². The number of hydrogen-bond donors (Lipinski definition) is 2. The van der Waals surface area contributed by atoms with Gasteiger partial charge in [0.15, 0.2) is 0 Å². The van der Waals surface area contributed by atoms with Crippen LogP contribution in [0.2, 0.25) is 0 Å². The van der Waals surface area contributed by atoms with E-state index in [1.165, 1.54) is 28.2 Å². The highest BCUT2D eigenvalue weighted by Gasteiger charge is 2.48. The lowest BCUT2D eigenvalue weighted by molar-refractivity contribution is -0.134. The Balaban J connectivity index is 1.95. The number of hydrogen-bond acceptors (Lipinski definition) is 6. The van der Waals surface area contributed by atoms with Crippen molar-refractivity contribution in [2.45, 2.75) is 29.5 Å². The second-order valence-electron chi connectivity index (χ2n) is 7.20. The number of nitrogens with zero attached hydrogens (tertiary/aromatic N) is 1. The molecule has 0 aromatic heterocycles. The first-order valence-electron chi connectivity index (χ1n) is 9.05. The maximum absolute atomic E-state index is 13.3. The molecule has 2 aromatic rings. The molecule has 2 N–H and O–H groups in total. The Morgan fingerprint density at radius 2 is 1.90 bits per heavy atom. The van der Waals surface area contributed by atoms with E-state index in [1.807, 2.05) is 24.3 Å². The van der Waals surface area contributed by atoms with Crippen LogP contribution in [0.5, 0.6) is 5.75 Å². The summed E-state index contributed by atoms with van der Waals surface area (Å²) in [6, 6.07) is 13.0. The van der Waals surface area contributed by atoms with Gasteiger partial charge in [-0.1, -0.05) is 24.3 Å². The van der Waals surface area contributed by atoms with E-state index in [0.717, 1.165) is 11.1 Å². The average molecular weight is 437 g/mol. The number of carbonyl (C=O) groups is 1. The number of benzene rings is 2. The lowest BCUT2D eigenvalue weighted by Gasteiger charge is -2.43. The molecule has 1 atom stereocenters. The minimum atomic E-state index is -3.93. The highest BCUT2D eigenvalue weighted by Crippen LogP contribution is 2.38. The molecule has 0 radical (unpaired) electrons. The van der Waals surface area contributed by atoms with Crippen molar-refractivity contribution in [3.63, 3.8) is 0 Å². The largest absolute Gasteiger partial charge is 0.497 e. The third-order valence-corrected chi connectivity index (χ3v) is 8.19. The van der Waals surface area contributed by atoms with Gasteiger partial charge >= 0.3 is 0 Å². The monoisotopic (exact) mass is 436 g/mol. The Labute approximate surface area is 175 Å². The van der Waals surface area contributed by atoms with Gasteiger partial charge in [-0.2, -0.15) is 16.1 Å². The van der Waals surface area contributed by atoms with Crippen molar-refractivity contribution in [2.24, 2.45) is 0 Å². The Morgan fingerprint density at radius 1 is 1.21 bits per heavy atom. The van der Waals surface area contributed by atoms with Gasteiger partial charge in [-0.3, -0.25) is 10.0 Å². The van der Waals surface area contributed by atoms with Crippen LogP contribution >= 0.6 is 11.8 Å². The van der Waals surface area contributed by atoms with E-state index < -0.39 is 26.7 Å². The summed E-state index contributed by atoms with van der Waals surface area (Å²) in [6.45, 7) is 3.78. The lowest BCUT2D eigenvalue weighted by atomic mass is 10.0. The molecular formula is C20H24N2O5S2. The zero-order valence-electron chi connectivity index (χ0n) is 16.5. The fourth-order valence-corrected chi connectivity index (χ4v) is 6.59. The van der Waals surface area contributed by atoms with Crippen LogP contribution in [0.1, 0.15) is 13.8 Å². The molecule has 1 aliphatic rings. The van der Waals surface area contributed by atoms with Gasteiger partial charge in [-0.25, -0.2) is 13.9 Å². The number of methoxy groups -OCH3 is 1. The smallest absolute Gasteiger partial charge is 0.263 e. The number of amides is 1. The van der Waals surface area contributed by atoms with Crippen LogP contribution in [0, 0.1) is 0 Å². The second kappa shape index (κ2) is 8.35. The summed E-state index contributed by atoms with van der Waals surface area (Å²) in [5.41, 5.74) is 3.37. The molecule has 0 unspecified atom stereocenters. The minimum Gasteiger partial charge on any atom is -0.497 e. The van der Waals surface area contributed by atoms with Crippen molar-refractivity contribution in [1.82, 2.24) is 9.79 Å². The summed E-state index contributed by atoms with van der Waals surface area (Å²) in [5, 5.41) is 9.14. The third kappa shape index (κ3) is 4.28. The normalized spacial score (nSPS) is 19.5. The Morgan fingerprint density at radius 3 is 2.52 bits per heavy atom. The lowest BCUT2D eigenvalue weighted by Crippen LogP contribution is -2.61. The van der Waals surface area contributed by atoms with E-state index in [-0.39, 0.29) is 11.4 Å². The molecule has 1 amide bonds. The Hall–Kier alpha value is -2.07. The van der Waals surface area contributed by atoms with Crippen LogP contribution in [0.25, 0.3) is 11.1 Å². The van der Waals surface area contributed by atoms with E-state index >= 15 is 0 Å². The molecule has 9 heteroatoms. The zero-order valence-corrected chi connectivity index (χ0v) is 18.1. The summed E-state index contributed by atoms with van der Waals surface area (Å²) in [4.78, 5) is 12.4. The van der Waals surface area contributed by atoms with Gasteiger partial charge in [0.1, 0.15) is 11.8 Å². The van der Waals surface area contributed by atoms with Gasteiger partial charge < -0.3 is 4.74 Å². The summed E-state index contributed by atoms with van der Waals surface area (Å²) >= 11 is 1.50. The summed E-state index contributed by atoms with van der Waals surface area (Å²) < 4.78 is 32.3. The van der Waals surface area contributed by atoms with Crippen molar-refractivity contribution in [1.29, 1.82) is 0 Å². The number of sulfonamides is 1. The predicted molar refractivity (Wildman–Crippen MR) is 113 cm³/mol. The number of ether oxygens (including phenoxy) is 1. The van der Waals surface area contributed by atoms with Gasteiger partial charge in [-0.05, 0) is 49.2 Å². The summed E-state index contributed by atoms with van der Waals surface area (Å²) in [7, 11) is -2.34. The molecule has 29 heavy (non-hydrogen) atoms. The molecule has 7 nitrogen and oxygen atoms in total. The van der Waals surface area contributed by atoms with Gasteiger partial charge in [0.05, 0.1) is 12.0 Å². The average Bonchev–Trinajstić information content (AvgIpc) is 2.72. The SMILES string of the molecule is COc1cccc(-c2ccc(S(=O)(=O)N3CCSC(C)(C)[C@@H]3C(=O)NO)cc2)c1. The predicted octanol–water partition coefficient (Wildman–Crippen LogP) is 2.75. The highest BCUT2D eigenvalue weighted by atomic mass is 32.2. The van der Waals surface area contributed by atoms with E-state index in [1.54, 1.807) is 38.6 Å². The topological polar surface area (TPSA) is 95.9 Å². The molecule has 0 bridgehead atoms. The standard InChI is InChI=1S/C20H24N2O5S2/c1-20(2)18(19(23)21-24)22(11-12-28-20)29(25,26)17-9-7-14(8-10-17)15-5-4-6-16(13-15)27-3/h4-10,13,18,24H,11-12H2,1-3H3,(H,21,23)/t18-/m0/s1. The number of carbonyl (C=O) groups excluding carboxylic acids is 1. The zero-order chi connectivity index (χ0) is 21.2. The first-order chi connectivity index (χ1) is 13.7. The highest BCUT2D eigenvalue weighted by molar-refractivity contribution is 8.00. The van der Waals surface area contributed by atoms with Crippen LogP contribution in [0.3, 0.4) is 0 Å². The molecule has 0 saturated carbocycles. The summed E-state index contributed by atoms with van der Waals surface area (Å²) in [6.07, 6.45) is 0. The van der Waals surface area contributed by atoms with E-state index in [4.69, 9.17) is 9.94 Å². The third-order valence-electron chi connectivity index (χ3n) is 4.95. The van der Waals surface area contributed by atoms with Crippen LogP contribution in [-0.4, -0.2) is 54.0 Å². The van der Waals surface area contributed by atoms with E-state index in [9.17, 15) is 13.2 Å². The van der Waals surface area contributed by atoms with Crippen LogP contribution in [0.15, 0.2) is 53.4 Å². The molecule has 1 fully saturated rings. The van der Waals surface area contributed by atoms with E-state index in [0.29, 0.717) is 11.5 Å². The molecule has 0 aliphatic carbocycles.